The molecule has 0 aliphatic heterocycles. The molecule has 1 aliphatic rings. The van der Waals surface area contributed by atoms with Crippen molar-refractivity contribution in [3.05, 3.63) is 39.7 Å². The Morgan fingerprint density at radius 3 is 2.86 bits per heavy atom. The third-order valence-corrected chi connectivity index (χ3v) is 4.87. The van der Waals surface area contributed by atoms with Gasteiger partial charge in [-0.05, 0) is 25.0 Å². The van der Waals surface area contributed by atoms with E-state index in [2.05, 4.69) is 10.3 Å². The van der Waals surface area contributed by atoms with Gasteiger partial charge >= 0.3 is 0 Å². The van der Waals surface area contributed by atoms with Crippen LogP contribution in [0.3, 0.4) is 0 Å². The normalized spacial score (nSPS) is 15.3. The number of benzene rings is 1. The second kappa shape index (κ2) is 6.03. The first-order chi connectivity index (χ1) is 10.1. The average Bonchev–Trinajstić information content (AvgIpc) is 3.08. The summed E-state index contributed by atoms with van der Waals surface area (Å²) in [6.45, 7) is 0. The number of nitrogens with zero attached hydrogens (tertiary/aromatic N) is 1. The first-order valence-electron chi connectivity index (χ1n) is 6.96. The fourth-order valence-electron chi connectivity index (χ4n) is 2.56. The van der Waals surface area contributed by atoms with E-state index in [4.69, 9.17) is 17.3 Å². The van der Waals surface area contributed by atoms with Gasteiger partial charge in [0.25, 0.3) is 0 Å². The Kier molecular flexibility index (Phi) is 4.12. The molecule has 0 spiro atoms. The van der Waals surface area contributed by atoms with Gasteiger partial charge in [0, 0.05) is 16.6 Å². The minimum Gasteiger partial charge on any atom is -0.382 e. The van der Waals surface area contributed by atoms with Gasteiger partial charge in [-0.3, -0.25) is 4.79 Å². The van der Waals surface area contributed by atoms with Gasteiger partial charge in [0.2, 0.25) is 5.78 Å². The Morgan fingerprint density at radius 1 is 1.38 bits per heavy atom. The van der Waals surface area contributed by atoms with E-state index in [0.717, 1.165) is 18.0 Å². The number of halogens is 1. The van der Waals surface area contributed by atoms with Gasteiger partial charge in [-0.1, -0.05) is 47.9 Å². The Hall–Kier alpha value is -1.59. The molecule has 21 heavy (non-hydrogen) atoms. The van der Waals surface area contributed by atoms with E-state index in [0.29, 0.717) is 21.5 Å². The molecule has 1 aliphatic carbocycles. The zero-order valence-corrected chi connectivity index (χ0v) is 13.0. The van der Waals surface area contributed by atoms with Crippen molar-refractivity contribution < 1.29 is 4.79 Å². The van der Waals surface area contributed by atoms with Crippen LogP contribution < -0.4 is 11.1 Å². The molecule has 1 fully saturated rings. The van der Waals surface area contributed by atoms with E-state index in [1.54, 1.807) is 24.3 Å². The average molecular weight is 322 g/mol. The number of ketones is 1. The summed E-state index contributed by atoms with van der Waals surface area (Å²) in [5.74, 6) is 0.150. The van der Waals surface area contributed by atoms with Gasteiger partial charge in [-0.15, -0.1) is 0 Å². The molecule has 6 heteroatoms. The summed E-state index contributed by atoms with van der Waals surface area (Å²) in [6, 6.07) is 7.32. The van der Waals surface area contributed by atoms with E-state index in [1.807, 2.05) is 0 Å². The molecule has 110 valence electrons. The van der Waals surface area contributed by atoms with Crippen LogP contribution in [0.5, 0.6) is 0 Å². The molecule has 1 heterocycles. The number of carbonyl (C=O) groups excluding carboxylic acids is 1. The number of rotatable bonds is 4. The first kappa shape index (κ1) is 14.4. The lowest BCUT2D eigenvalue weighted by Gasteiger charge is -2.09. The molecule has 1 aromatic heterocycles. The number of hydrogen-bond acceptors (Lipinski definition) is 5. The topological polar surface area (TPSA) is 68.0 Å². The molecule has 0 unspecified atom stereocenters. The molecule has 1 saturated carbocycles. The molecule has 4 nitrogen and oxygen atoms in total. The summed E-state index contributed by atoms with van der Waals surface area (Å²) >= 11 is 7.24. The lowest BCUT2D eigenvalue weighted by molar-refractivity contribution is 0.104. The van der Waals surface area contributed by atoms with Crippen LogP contribution in [-0.2, 0) is 0 Å². The Labute approximate surface area is 132 Å². The molecule has 0 atom stereocenters. The highest BCUT2D eigenvalue weighted by atomic mass is 35.5. The number of thiazole rings is 1. The summed E-state index contributed by atoms with van der Waals surface area (Å²) in [4.78, 5) is 17.2. The number of carbonyl (C=O) groups is 1. The van der Waals surface area contributed by atoms with Crippen LogP contribution in [0.2, 0.25) is 5.02 Å². The molecule has 0 bridgehead atoms. The Balaban J connectivity index is 1.81. The Morgan fingerprint density at radius 2 is 2.14 bits per heavy atom. The SMILES string of the molecule is Nc1nc(NC2CCCC2)sc1C(=O)c1cccc(Cl)c1. The Bertz CT molecular complexity index is 665. The lowest BCUT2D eigenvalue weighted by Crippen LogP contribution is -2.14. The molecule has 0 saturated heterocycles. The van der Waals surface area contributed by atoms with Crippen molar-refractivity contribution in [2.75, 3.05) is 11.1 Å². The summed E-state index contributed by atoms with van der Waals surface area (Å²) in [6.07, 6.45) is 4.79. The first-order valence-corrected chi connectivity index (χ1v) is 8.16. The van der Waals surface area contributed by atoms with Crippen LogP contribution in [-0.4, -0.2) is 16.8 Å². The van der Waals surface area contributed by atoms with Crippen molar-refractivity contribution in [1.29, 1.82) is 0 Å². The van der Waals surface area contributed by atoms with E-state index < -0.39 is 0 Å². The molecule has 0 radical (unpaired) electrons. The predicted molar refractivity (Wildman–Crippen MR) is 87.3 cm³/mol. The van der Waals surface area contributed by atoms with E-state index in [1.165, 1.54) is 24.2 Å². The number of hydrogen-bond donors (Lipinski definition) is 2. The van der Waals surface area contributed by atoms with Crippen molar-refractivity contribution in [3.8, 4) is 0 Å². The third kappa shape index (κ3) is 3.19. The third-order valence-electron chi connectivity index (χ3n) is 3.63. The maximum Gasteiger partial charge on any atom is 0.206 e. The molecule has 1 aromatic carbocycles. The van der Waals surface area contributed by atoms with Crippen LogP contribution in [0.1, 0.15) is 40.9 Å². The number of anilines is 2. The zero-order chi connectivity index (χ0) is 14.8. The summed E-state index contributed by atoms with van der Waals surface area (Å²) in [7, 11) is 0. The monoisotopic (exact) mass is 321 g/mol. The van der Waals surface area contributed by atoms with Crippen molar-refractivity contribution in [3.63, 3.8) is 0 Å². The standard InChI is InChI=1S/C15H16ClN3OS/c16-10-5-3-4-9(8-10)12(20)13-14(17)19-15(21-13)18-11-6-1-2-7-11/h3-5,8,11H,1-2,6-7,17H2,(H,18,19). The van der Waals surface area contributed by atoms with Gasteiger partial charge in [0.05, 0.1) is 0 Å². The van der Waals surface area contributed by atoms with Gasteiger partial charge in [0.15, 0.2) is 5.13 Å². The maximum absolute atomic E-state index is 12.5. The van der Waals surface area contributed by atoms with Crippen molar-refractivity contribution in [2.45, 2.75) is 31.7 Å². The van der Waals surface area contributed by atoms with Crippen LogP contribution in [0.25, 0.3) is 0 Å². The van der Waals surface area contributed by atoms with Gasteiger partial charge in [-0.2, -0.15) is 0 Å². The minimum absolute atomic E-state index is 0.132. The summed E-state index contributed by atoms with van der Waals surface area (Å²) in [5, 5.41) is 4.63. The van der Waals surface area contributed by atoms with Gasteiger partial charge in [-0.25, -0.2) is 4.98 Å². The molecular formula is C15H16ClN3OS. The molecular weight excluding hydrogens is 306 g/mol. The van der Waals surface area contributed by atoms with E-state index >= 15 is 0 Å². The number of nitrogens with one attached hydrogen (secondary N) is 1. The van der Waals surface area contributed by atoms with Crippen molar-refractivity contribution in [2.24, 2.45) is 0 Å². The van der Waals surface area contributed by atoms with Crippen LogP contribution in [0, 0.1) is 0 Å². The molecule has 3 N–H and O–H groups in total. The summed E-state index contributed by atoms with van der Waals surface area (Å²) < 4.78 is 0. The maximum atomic E-state index is 12.5. The zero-order valence-electron chi connectivity index (χ0n) is 11.4. The van der Waals surface area contributed by atoms with Gasteiger partial charge < -0.3 is 11.1 Å². The largest absolute Gasteiger partial charge is 0.382 e. The van der Waals surface area contributed by atoms with Crippen molar-refractivity contribution >= 4 is 39.7 Å². The predicted octanol–water partition coefficient (Wildman–Crippen LogP) is 3.96. The second-order valence-corrected chi connectivity index (χ2v) is 6.63. The van der Waals surface area contributed by atoms with Gasteiger partial charge in [0.1, 0.15) is 10.7 Å². The molecule has 2 aromatic rings. The fraction of sp³-hybridized carbons (Fsp3) is 0.333. The number of nitrogen functional groups attached to an aromatic ring is 1. The second-order valence-electron chi connectivity index (χ2n) is 5.20. The number of aromatic nitrogens is 1. The van der Waals surface area contributed by atoms with E-state index in [9.17, 15) is 4.79 Å². The van der Waals surface area contributed by atoms with E-state index in [-0.39, 0.29) is 11.6 Å². The highest BCUT2D eigenvalue weighted by molar-refractivity contribution is 7.18. The minimum atomic E-state index is -0.132. The summed E-state index contributed by atoms with van der Waals surface area (Å²) in [5.41, 5.74) is 6.43. The quantitative estimate of drug-likeness (QED) is 0.836. The van der Waals surface area contributed by atoms with Crippen LogP contribution >= 0.6 is 22.9 Å². The molecule has 3 rings (SSSR count). The van der Waals surface area contributed by atoms with Crippen LogP contribution in [0.4, 0.5) is 10.9 Å². The van der Waals surface area contributed by atoms with Crippen LogP contribution in [0.15, 0.2) is 24.3 Å². The fourth-order valence-corrected chi connectivity index (χ4v) is 3.68. The highest BCUT2D eigenvalue weighted by Gasteiger charge is 2.21. The lowest BCUT2D eigenvalue weighted by atomic mass is 10.1. The van der Waals surface area contributed by atoms with Crippen molar-refractivity contribution in [1.82, 2.24) is 4.98 Å². The highest BCUT2D eigenvalue weighted by Crippen LogP contribution is 2.30. The number of nitrogens with two attached hydrogens (primary N) is 1. The molecule has 0 amide bonds. The smallest absolute Gasteiger partial charge is 0.206 e.